The summed E-state index contributed by atoms with van der Waals surface area (Å²) in [4.78, 5) is 17.5. The predicted octanol–water partition coefficient (Wildman–Crippen LogP) is 3.43. The third-order valence-electron chi connectivity index (χ3n) is 5.24. The molecule has 6 heteroatoms. The van der Waals surface area contributed by atoms with Gasteiger partial charge in [0.25, 0.3) is 5.91 Å². The van der Waals surface area contributed by atoms with Crippen LogP contribution in [0.2, 0.25) is 0 Å². The van der Waals surface area contributed by atoms with Crippen LogP contribution in [0.4, 0.5) is 0 Å². The number of hydrogen-bond acceptors (Lipinski definition) is 4. The number of aromatic amines is 1. The van der Waals surface area contributed by atoms with Crippen molar-refractivity contribution in [1.29, 1.82) is 0 Å². The summed E-state index contributed by atoms with van der Waals surface area (Å²) in [5, 5.41) is 7.30. The van der Waals surface area contributed by atoms with E-state index in [0.29, 0.717) is 5.69 Å². The second-order valence-electron chi connectivity index (χ2n) is 7.34. The molecule has 3 rings (SSSR count). The Hall–Kier alpha value is -2.18. The number of rotatable bonds is 10. The number of amides is 1. The molecule has 1 N–H and O–H groups in total. The molecule has 1 aromatic carbocycles. The molecule has 2 heterocycles. The molecule has 1 fully saturated rings. The summed E-state index contributed by atoms with van der Waals surface area (Å²) in [5.41, 5.74) is 2.39. The third kappa shape index (κ3) is 5.91. The Kier molecular flexibility index (Phi) is 8.06. The highest BCUT2D eigenvalue weighted by atomic mass is 16.5. The molecular weight excluding hydrogens is 352 g/mol. The number of unbranched alkanes of at least 4 members (excludes halogenated alkanes) is 3. The maximum absolute atomic E-state index is 13.1. The third-order valence-corrected chi connectivity index (χ3v) is 5.24. The van der Waals surface area contributed by atoms with E-state index in [1.54, 1.807) is 0 Å². The normalized spacial score (nSPS) is 14.9. The quantitative estimate of drug-likeness (QED) is 0.638. The number of nitrogens with zero attached hydrogens (tertiary/aromatic N) is 3. The second kappa shape index (κ2) is 11.0. The van der Waals surface area contributed by atoms with Crippen molar-refractivity contribution in [1.82, 2.24) is 20.0 Å². The fourth-order valence-electron chi connectivity index (χ4n) is 3.49. The number of nitrogens with one attached hydrogen (secondary N) is 1. The fourth-order valence-corrected chi connectivity index (χ4v) is 3.49. The smallest absolute Gasteiger partial charge is 0.271 e. The zero-order chi connectivity index (χ0) is 19.6. The molecule has 0 bridgehead atoms. The number of morpholine rings is 1. The Labute approximate surface area is 167 Å². The zero-order valence-electron chi connectivity index (χ0n) is 16.9. The molecule has 6 nitrogen and oxygen atoms in total. The molecule has 0 spiro atoms. The lowest BCUT2D eigenvalue weighted by atomic mass is 10.1. The van der Waals surface area contributed by atoms with Crippen molar-refractivity contribution in [3.05, 3.63) is 42.1 Å². The van der Waals surface area contributed by atoms with E-state index in [9.17, 15) is 4.79 Å². The van der Waals surface area contributed by atoms with E-state index in [-0.39, 0.29) is 5.91 Å². The maximum Gasteiger partial charge on any atom is 0.271 e. The van der Waals surface area contributed by atoms with Gasteiger partial charge in [-0.3, -0.25) is 14.8 Å². The molecule has 1 aromatic heterocycles. The van der Waals surface area contributed by atoms with Crippen LogP contribution < -0.4 is 0 Å². The number of ether oxygens (including phenoxy) is 1. The molecule has 0 unspecified atom stereocenters. The average Bonchev–Trinajstić information content (AvgIpc) is 3.24. The summed E-state index contributed by atoms with van der Waals surface area (Å²) in [6.45, 7) is 8.09. The van der Waals surface area contributed by atoms with E-state index in [2.05, 4.69) is 22.0 Å². The van der Waals surface area contributed by atoms with Crippen LogP contribution in [0.25, 0.3) is 11.3 Å². The lowest BCUT2D eigenvalue weighted by Crippen LogP contribution is -2.43. The highest BCUT2D eigenvalue weighted by Crippen LogP contribution is 2.18. The summed E-state index contributed by atoms with van der Waals surface area (Å²) >= 11 is 0. The highest BCUT2D eigenvalue weighted by molar-refractivity contribution is 5.93. The first-order valence-corrected chi connectivity index (χ1v) is 10.5. The summed E-state index contributed by atoms with van der Waals surface area (Å²) < 4.78 is 5.42. The Bertz CT molecular complexity index is 710. The molecule has 28 heavy (non-hydrogen) atoms. The molecule has 1 saturated heterocycles. The van der Waals surface area contributed by atoms with Gasteiger partial charge in [0.1, 0.15) is 5.69 Å². The van der Waals surface area contributed by atoms with Crippen LogP contribution in [0, 0.1) is 0 Å². The monoisotopic (exact) mass is 384 g/mol. The van der Waals surface area contributed by atoms with Crippen molar-refractivity contribution in [3.8, 4) is 11.3 Å². The molecular formula is C22H32N4O2. The fraction of sp³-hybridized carbons (Fsp3) is 0.545. The first-order chi connectivity index (χ1) is 13.8. The average molecular weight is 385 g/mol. The van der Waals surface area contributed by atoms with Gasteiger partial charge in [-0.15, -0.1) is 0 Å². The van der Waals surface area contributed by atoms with E-state index in [1.807, 2.05) is 41.3 Å². The van der Waals surface area contributed by atoms with Crippen LogP contribution in [0.1, 0.15) is 43.1 Å². The minimum absolute atomic E-state index is 0.0411. The van der Waals surface area contributed by atoms with Gasteiger partial charge in [-0.05, 0) is 12.5 Å². The van der Waals surface area contributed by atoms with Gasteiger partial charge in [0.2, 0.25) is 0 Å². The van der Waals surface area contributed by atoms with Crippen molar-refractivity contribution < 1.29 is 9.53 Å². The Balaban J connectivity index is 1.63. The molecule has 1 aliphatic rings. The molecule has 0 atom stereocenters. The highest BCUT2D eigenvalue weighted by Gasteiger charge is 2.20. The number of carbonyl (C=O) groups is 1. The summed E-state index contributed by atoms with van der Waals surface area (Å²) in [5.74, 6) is 0.0411. The number of carbonyl (C=O) groups excluding carboxylic acids is 1. The summed E-state index contributed by atoms with van der Waals surface area (Å²) in [6.07, 6.45) is 4.62. The van der Waals surface area contributed by atoms with Gasteiger partial charge in [-0.25, -0.2) is 0 Å². The van der Waals surface area contributed by atoms with E-state index in [0.717, 1.165) is 70.0 Å². The van der Waals surface area contributed by atoms with Gasteiger partial charge in [0.15, 0.2) is 0 Å². The van der Waals surface area contributed by atoms with Crippen LogP contribution in [-0.2, 0) is 4.74 Å². The van der Waals surface area contributed by atoms with Crippen molar-refractivity contribution >= 4 is 5.91 Å². The van der Waals surface area contributed by atoms with Gasteiger partial charge in [0.05, 0.1) is 18.9 Å². The predicted molar refractivity (Wildman–Crippen MR) is 111 cm³/mol. The Morgan fingerprint density at radius 1 is 1.14 bits per heavy atom. The van der Waals surface area contributed by atoms with Gasteiger partial charge in [-0.2, -0.15) is 5.10 Å². The van der Waals surface area contributed by atoms with E-state index < -0.39 is 0 Å². The SMILES string of the molecule is CCCCCCN(CCN1CCOCC1)C(=O)c1cc(-c2ccccc2)n[nH]1. The van der Waals surface area contributed by atoms with Crippen LogP contribution in [0.5, 0.6) is 0 Å². The van der Waals surface area contributed by atoms with E-state index in [4.69, 9.17) is 4.74 Å². The van der Waals surface area contributed by atoms with Gasteiger partial charge < -0.3 is 9.64 Å². The van der Waals surface area contributed by atoms with E-state index >= 15 is 0 Å². The lowest BCUT2D eigenvalue weighted by Gasteiger charge is -2.30. The van der Waals surface area contributed by atoms with Gasteiger partial charge in [0, 0.05) is 38.3 Å². The van der Waals surface area contributed by atoms with E-state index in [1.165, 1.54) is 12.8 Å². The summed E-state index contributed by atoms with van der Waals surface area (Å²) in [7, 11) is 0. The topological polar surface area (TPSA) is 61.5 Å². The van der Waals surface area contributed by atoms with Crippen LogP contribution in [0.3, 0.4) is 0 Å². The largest absolute Gasteiger partial charge is 0.379 e. The lowest BCUT2D eigenvalue weighted by molar-refractivity contribution is 0.0323. The first-order valence-electron chi connectivity index (χ1n) is 10.5. The number of hydrogen-bond donors (Lipinski definition) is 1. The second-order valence-corrected chi connectivity index (χ2v) is 7.34. The molecule has 1 aliphatic heterocycles. The zero-order valence-corrected chi connectivity index (χ0v) is 16.9. The van der Waals surface area contributed by atoms with Crippen LogP contribution >= 0.6 is 0 Å². The molecule has 0 radical (unpaired) electrons. The van der Waals surface area contributed by atoms with Crippen molar-refractivity contribution in [2.75, 3.05) is 45.9 Å². The maximum atomic E-state index is 13.1. The molecule has 0 aliphatic carbocycles. The van der Waals surface area contributed by atoms with Crippen molar-refractivity contribution in [2.45, 2.75) is 32.6 Å². The summed E-state index contributed by atoms with van der Waals surface area (Å²) in [6, 6.07) is 11.8. The molecule has 1 amide bonds. The van der Waals surface area contributed by atoms with Crippen LogP contribution in [0.15, 0.2) is 36.4 Å². The molecule has 2 aromatic rings. The minimum Gasteiger partial charge on any atom is -0.379 e. The van der Waals surface area contributed by atoms with Gasteiger partial charge >= 0.3 is 0 Å². The van der Waals surface area contributed by atoms with Gasteiger partial charge in [-0.1, -0.05) is 56.5 Å². The number of benzene rings is 1. The minimum atomic E-state index is 0.0411. The first kappa shape index (κ1) is 20.6. The molecule has 0 saturated carbocycles. The molecule has 152 valence electrons. The number of H-pyrrole nitrogens is 1. The Morgan fingerprint density at radius 2 is 1.93 bits per heavy atom. The van der Waals surface area contributed by atoms with Crippen molar-refractivity contribution in [2.24, 2.45) is 0 Å². The standard InChI is InChI=1S/C22H32N4O2/c1-2-3-4-8-11-26(13-12-25-14-16-28-17-15-25)22(27)21-18-20(23-24-21)19-9-6-5-7-10-19/h5-7,9-10,18H,2-4,8,11-17H2,1H3,(H,23,24). The van der Waals surface area contributed by atoms with Crippen LogP contribution in [-0.4, -0.2) is 71.8 Å². The Morgan fingerprint density at radius 3 is 2.68 bits per heavy atom. The number of aromatic nitrogens is 2. The van der Waals surface area contributed by atoms with Crippen molar-refractivity contribution in [3.63, 3.8) is 0 Å².